The van der Waals surface area contributed by atoms with E-state index in [1.54, 1.807) is 0 Å². The molecule has 0 aliphatic carbocycles. The first-order valence-corrected chi connectivity index (χ1v) is 4.98. The van der Waals surface area contributed by atoms with Crippen molar-refractivity contribution in [1.29, 1.82) is 0 Å². The van der Waals surface area contributed by atoms with Crippen molar-refractivity contribution < 1.29 is 0 Å². The fourth-order valence-electron chi connectivity index (χ4n) is 1.94. The van der Waals surface area contributed by atoms with E-state index in [0.29, 0.717) is 5.92 Å². The highest BCUT2D eigenvalue weighted by atomic mass is 15.1. The highest BCUT2D eigenvalue weighted by molar-refractivity contribution is 5.33. The largest absolute Gasteiger partial charge is 0.372 e. The van der Waals surface area contributed by atoms with E-state index in [9.17, 15) is 0 Å². The Morgan fingerprint density at radius 1 is 1.46 bits per heavy atom. The van der Waals surface area contributed by atoms with Gasteiger partial charge >= 0.3 is 0 Å². The van der Waals surface area contributed by atoms with E-state index in [0.717, 1.165) is 13.1 Å². The van der Waals surface area contributed by atoms with Crippen molar-refractivity contribution in [2.45, 2.75) is 20.3 Å². The lowest BCUT2D eigenvalue weighted by molar-refractivity contribution is 0.316. The van der Waals surface area contributed by atoms with Crippen LogP contribution in [0.5, 0.6) is 0 Å². The monoisotopic (exact) mass is 177 g/mol. The van der Waals surface area contributed by atoms with Crippen LogP contribution >= 0.6 is 0 Å². The molecule has 1 aliphatic heterocycles. The van der Waals surface area contributed by atoms with Crippen molar-refractivity contribution >= 4 is 0 Å². The van der Waals surface area contributed by atoms with E-state index in [1.807, 2.05) is 12.2 Å². The molecule has 1 unspecified atom stereocenters. The topological polar surface area (TPSA) is 3.24 Å². The standard InChI is InChI=1S/C12H19N/c1-5-11-10(4)8-9-13(7-3)12(11)6-2/h5-6,10H,1-2,7-9H2,3-4H3. The van der Waals surface area contributed by atoms with Gasteiger partial charge in [0.2, 0.25) is 0 Å². The molecule has 1 atom stereocenters. The first kappa shape index (κ1) is 10.1. The predicted octanol–water partition coefficient (Wildman–Crippen LogP) is 2.97. The third kappa shape index (κ3) is 1.85. The molecular formula is C12H19N. The molecule has 0 radical (unpaired) electrons. The summed E-state index contributed by atoms with van der Waals surface area (Å²) in [6.45, 7) is 14.4. The summed E-state index contributed by atoms with van der Waals surface area (Å²) in [6.07, 6.45) is 5.16. The SMILES string of the molecule is C=CC1=C(C=C)N(CC)CCC1C. The molecule has 0 spiro atoms. The minimum atomic E-state index is 0.633. The van der Waals surface area contributed by atoms with Crippen LogP contribution in [0, 0.1) is 5.92 Å². The fraction of sp³-hybridized carbons (Fsp3) is 0.500. The molecule has 0 N–H and O–H groups in total. The van der Waals surface area contributed by atoms with Crippen molar-refractivity contribution in [3.63, 3.8) is 0 Å². The van der Waals surface area contributed by atoms with Crippen molar-refractivity contribution in [3.05, 3.63) is 36.6 Å². The lowest BCUT2D eigenvalue weighted by atomic mass is 9.91. The molecule has 1 nitrogen and oxygen atoms in total. The van der Waals surface area contributed by atoms with Crippen molar-refractivity contribution in [2.75, 3.05) is 13.1 Å². The number of hydrogen-bond donors (Lipinski definition) is 0. The van der Waals surface area contributed by atoms with E-state index in [4.69, 9.17) is 0 Å². The van der Waals surface area contributed by atoms with Crippen molar-refractivity contribution in [1.82, 2.24) is 4.90 Å². The average molecular weight is 177 g/mol. The Hall–Kier alpha value is -0.980. The van der Waals surface area contributed by atoms with Crippen LogP contribution in [0.1, 0.15) is 20.3 Å². The second-order valence-corrected chi connectivity index (χ2v) is 3.52. The van der Waals surface area contributed by atoms with Gasteiger partial charge in [-0.05, 0) is 30.9 Å². The normalized spacial score (nSPS) is 23.2. The van der Waals surface area contributed by atoms with Crippen LogP contribution in [0.15, 0.2) is 36.6 Å². The third-order valence-corrected chi connectivity index (χ3v) is 2.79. The molecule has 0 saturated carbocycles. The van der Waals surface area contributed by atoms with Gasteiger partial charge in [-0.15, -0.1) is 0 Å². The van der Waals surface area contributed by atoms with Gasteiger partial charge in [0.15, 0.2) is 0 Å². The molecule has 0 fully saturated rings. The maximum atomic E-state index is 3.87. The zero-order valence-corrected chi connectivity index (χ0v) is 8.71. The van der Waals surface area contributed by atoms with Gasteiger partial charge in [0, 0.05) is 18.8 Å². The Labute approximate surface area is 81.4 Å². The maximum absolute atomic E-state index is 3.87. The molecule has 0 aromatic carbocycles. The lowest BCUT2D eigenvalue weighted by Gasteiger charge is -2.34. The Kier molecular flexibility index (Phi) is 3.35. The summed E-state index contributed by atoms with van der Waals surface area (Å²) in [4.78, 5) is 2.37. The second-order valence-electron chi connectivity index (χ2n) is 3.52. The molecule has 0 amide bonds. The van der Waals surface area contributed by atoms with Gasteiger partial charge in [0.05, 0.1) is 0 Å². The van der Waals surface area contributed by atoms with Gasteiger partial charge in [-0.1, -0.05) is 26.2 Å². The minimum Gasteiger partial charge on any atom is -0.372 e. The van der Waals surface area contributed by atoms with Crippen molar-refractivity contribution in [3.8, 4) is 0 Å². The molecule has 13 heavy (non-hydrogen) atoms. The van der Waals surface area contributed by atoms with Crippen LogP contribution in [0.3, 0.4) is 0 Å². The molecule has 0 aromatic heterocycles. The minimum absolute atomic E-state index is 0.633. The molecular weight excluding hydrogens is 158 g/mol. The lowest BCUT2D eigenvalue weighted by Crippen LogP contribution is -2.30. The molecule has 1 heterocycles. The molecule has 0 bridgehead atoms. The molecule has 0 aromatic rings. The first-order chi connectivity index (χ1) is 6.24. The number of rotatable bonds is 3. The quantitative estimate of drug-likeness (QED) is 0.640. The Bertz CT molecular complexity index is 238. The van der Waals surface area contributed by atoms with E-state index in [1.165, 1.54) is 17.7 Å². The number of allylic oxidation sites excluding steroid dienone is 3. The first-order valence-electron chi connectivity index (χ1n) is 4.98. The molecule has 72 valence electrons. The maximum Gasteiger partial charge on any atom is 0.0395 e. The van der Waals surface area contributed by atoms with Crippen LogP contribution in [-0.4, -0.2) is 18.0 Å². The molecule has 1 heteroatoms. The number of nitrogens with zero attached hydrogens (tertiary/aromatic N) is 1. The summed E-state index contributed by atoms with van der Waals surface area (Å²) < 4.78 is 0. The van der Waals surface area contributed by atoms with Crippen molar-refractivity contribution in [2.24, 2.45) is 5.92 Å². The van der Waals surface area contributed by atoms with Gasteiger partial charge in [0.1, 0.15) is 0 Å². The highest BCUT2D eigenvalue weighted by Gasteiger charge is 2.19. The van der Waals surface area contributed by atoms with Gasteiger partial charge in [-0.3, -0.25) is 0 Å². The van der Waals surface area contributed by atoms with Crippen LogP contribution < -0.4 is 0 Å². The summed E-state index contributed by atoms with van der Waals surface area (Å²) in [6, 6.07) is 0. The number of likely N-dealkylation sites (N-methyl/N-ethyl adjacent to an activating group) is 1. The molecule has 0 saturated heterocycles. The van der Waals surface area contributed by atoms with Gasteiger partial charge in [0.25, 0.3) is 0 Å². The zero-order chi connectivity index (χ0) is 9.84. The Morgan fingerprint density at radius 2 is 2.15 bits per heavy atom. The molecule has 1 aliphatic rings. The van der Waals surface area contributed by atoms with Gasteiger partial charge in [-0.2, -0.15) is 0 Å². The summed E-state index contributed by atoms with van der Waals surface area (Å²) in [7, 11) is 0. The smallest absolute Gasteiger partial charge is 0.0395 e. The summed E-state index contributed by atoms with van der Waals surface area (Å²) in [5, 5.41) is 0. The Morgan fingerprint density at radius 3 is 2.62 bits per heavy atom. The van der Waals surface area contributed by atoms with Crippen LogP contribution in [0.4, 0.5) is 0 Å². The summed E-state index contributed by atoms with van der Waals surface area (Å²) in [5.41, 5.74) is 2.62. The summed E-state index contributed by atoms with van der Waals surface area (Å²) in [5.74, 6) is 0.633. The number of hydrogen-bond acceptors (Lipinski definition) is 1. The van der Waals surface area contributed by atoms with Crippen LogP contribution in [0.25, 0.3) is 0 Å². The second kappa shape index (κ2) is 4.31. The zero-order valence-electron chi connectivity index (χ0n) is 8.71. The van der Waals surface area contributed by atoms with E-state index < -0.39 is 0 Å². The van der Waals surface area contributed by atoms with E-state index >= 15 is 0 Å². The van der Waals surface area contributed by atoms with Gasteiger partial charge < -0.3 is 4.90 Å². The molecule has 1 rings (SSSR count). The van der Waals surface area contributed by atoms with Crippen LogP contribution in [0.2, 0.25) is 0 Å². The Balaban J connectivity index is 3.04. The third-order valence-electron chi connectivity index (χ3n) is 2.79. The highest BCUT2D eigenvalue weighted by Crippen LogP contribution is 2.28. The van der Waals surface area contributed by atoms with Crippen LogP contribution in [-0.2, 0) is 0 Å². The predicted molar refractivity (Wildman–Crippen MR) is 58.4 cm³/mol. The summed E-state index contributed by atoms with van der Waals surface area (Å²) >= 11 is 0. The average Bonchev–Trinajstić information content (AvgIpc) is 2.17. The van der Waals surface area contributed by atoms with E-state index in [-0.39, 0.29) is 0 Å². The fourth-order valence-corrected chi connectivity index (χ4v) is 1.94. The van der Waals surface area contributed by atoms with Gasteiger partial charge in [-0.25, -0.2) is 0 Å². The van der Waals surface area contributed by atoms with E-state index in [2.05, 4.69) is 31.9 Å².